The van der Waals surface area contributed by atoms with E-state index in [-0.39, 0.29) is 5.91 Å². The summed E-state index contributed by atoms with van der Waals surface area (Å²) < 4.78 is 0. The molecule has 88 valence electrons. The Balaban J connectivity index is 2.54. The Morgan fingerprint density at radius 1 is 1.27 bits per heavy atom. The first-order chi connectivity index (χ1) is 6.82. The minimum atomic E-state index is -0.770. The van der Waals surface area contributed by atoms with Crippen LogP contribution in [-0.4, -0.2) is 35.5 Å². The highest BCUT2D eigenvalue weighted by Crippen LogP contribution is 2.22. The maximum Gasteiger partial charge on any atom is 0.242 e. The van der Waals surface area contributed by atoms with Crippen molar-refractivity contribution in [3.8, 4) is 0 Å². The molecule has 1 saturated carbocycles. The molecule has 15 heavy (non-hydrogen) atoms. The zero-order chi connectivity index (χ0) is 11.6. The Morgan fingerprint density at radius 2 is 1.73 bits per heavy atom. The van der Waals surface area contributed by atoms with Gasteiger partial charge in [-0.25, -0.2) is 0 Å². The molecule has 4 heteroatoms. The van der Waals surface area contributed by atoms with Gasteiger partial charge in [0.25, 0.3) is 0 Å². The summed E-state index contributed by atoms with van der Waals surface area (Å²) in [5, 5.41) is 0. The normalized spacial score (nSPS) is 27.5. The van der Waals surface area contributed by atoms with Gasteiger partial charge in [-0.15, -0.1) is 0 Å². The molecule has 0 unspecified atom stereocenters. The highest BCUT2D eigenvalue weighted by molar-refractivity contribution is 5.85. The molecule has 0 atom stereocenters. The van der Waals surface area contributed by atoms with Crippen molar-refractivity contribution in [2.45, 2.75) is 57.2 Å². The van der Waals surface area contributed by atoms with E-state index < -0.39 is 5.54 Å². The standard InChI is InChI=1S/C11H23N3O/c1-11(2,13)10(15)14(3)9-6-4-8(12)5-7-9/h8-9H,4-7,12-13H2,1-3H3. The van der Waals surface area contributed by atoms with Crippen molar-refractivity contribution in [1.29, 1.82) is 0 Å². The first-order valence-electron chi connectivity index (χ1n) is 5.64. The smallest absolute Gasteiger partial charge is 0.242 e. The largest absolute Gasteiger partial charge is 0.341 e. The highest BCUT2D eigenvalue weighted by Gasteiger charge is 2.31. The highest BCUT2D eigenvalue weighted by atomic mass is 16.2. The van der Waals surface area contributed by atoms with Gasteiger partial charge in [-0.05, 0) is 39.5 Å². The minimum Gasteiger partial charge on any atom is -0.341 e. The van der Waals surface area contributed by atoms with Crippen molar-refractivity contribution in [2.75, 3.05) is 7.05 Å². The van der Waals surface area contributed by atoms with Crippen LogP contribution < -0.4 is 11.5 Å². The molecule has 0 aromatic heterocycles. The van der Waals surface area contributed by atoms with E-state index in [4.69, 9.17) is 11.5 Å². The summed E-state index contributed by atoms with van der Waals surface area (Å²) in [4.78, 5) is 13.7. The van der Waals surface area contributed by atoms with E-state index >= 15 is 0 Å². The number of nitrogens with zero attached hydrogens (tertiary/aromatic N) is 1. The van der Waals surface area contributed by atoms with E-state index in [2.05, 4.69) is 0 Å². The van der Waals surface area contributed by atoms with Crippen LogP contribution in [0.1, 0.15) is 39.5 Å². The summed E-state index contributed by atoms with van der Waals surface area (Å²) in [7, 11) is 1.85. The van der Waals surface area contributed by atoms with Crippen molar-refractivity contribution in [1.82, 2.24) is 4.90 Å². The SMILES string of the molecule is CN(C(=O)C(C)(C)N)C1CCC(N)CC1. The van der Waals surface area contributed by atoms with E-state index in [0.29, 0.717) is 12.1 Å². The summed E-state index contributed by atoms with van der Waals surface area (Å²) in [6, 6.07) is 0.635. The van der Waals surface area contributed by atoms with Crippen LogP contribution in [0.15, 0.2) is 0 Å². The summed E-state index contributed by atoms with van der Waals surface area (Å²) in [5.74, 6) is 0.0166. The Kier molecular flexibility index (Phi) is 3.73. The number of rotatable bonds is 2. The first kappa shape index (κ1) is 12.5. The Labute approximate surface area is 92.0 Å². The van der Waals surface area contributed by atoms with Gasteiger partial charge in [-0.1, -0.05) is 0 Å². The molecule has 4 nitrogen and oxygen atoms in total. The van der Waals surface area contributed by atoms with Crippen LogP contribution in [0.4, 0.5) is 0 Å². The third-order valence-electron chi connectivity index (χ3n) is 3.16. The lowest BCUT2D eigenvalue weighted by Gasteiger charge is -2.36. The van der Waals surface area contributed by atoms with Crippen molar-refractivity contribution >= 4 is 5.91 Å². The van der Waals surface area contributed by atoms with E-state index in [0.717, 1.165) is 25.7 Å². The monoisotopic (exact) mass is 213 g/mol. The molecule has 1 aliphatic carbocycles. The fourth-order valence-corrected chi connectivity index (χ4v) is 2.11. The van der Waals surface area contributed by atoms with Crippen molar-refractivity contribution in [3.05, 3.63) is 0 Å². The number of hydrogen-bond donors (Lipinski definition) is 2. The lowest BCUT2D eigenvalue weighted by Crippen LogP contribution is -2.53. The molecular formula is C11H23N3O. The van der Waals surface area contributed by atoms with Gasteiger partial charge in [-0.2, -0.15) is 0 Å². The summed E-state index contributed by atoms with van der Waals surface area (Å²) in [5.41, 5.74) is 10.9. The van der Waals surface area contributed by atoms with Gasteiger partial charge >= 0.3 is 0 Å². The number of likely N-dealkylation sites (N-methyl/N-ethyl adjacent to an activating group) is 1. The lowest BCUT2D eigenvalue weighted by atomic mass is 9.90. The molecule has 0 heterocycles. The Bertz CT molecular complexity index is 226. The molecule has 0 saturated heterocycles. The maximum atomic E-state index is 11.9. The molecule has 0 aromatic carbocycles. The van der Waals surface area contributed by atoms with Crippen molar-refractivity contribution < 1.29 is 4.79 Å². The predicted molar refractivity (Wildman–Crippen MR) is 61.3 cm³/mol. The van der Waals surface area contributed by atoms with Crippen LogP contribution in [0.3, 0.4) is 0 Å². The van der Waals surface area contributed by atoms with Gasteiger partial charge in [0.15, 0.2) is 0 Å². The van der Waals surface area contributed by atoms with Gasteiger partial charge in [0.05, 0.1) is 5.54 Å². The second-order valence-electron chi connectivity index (χ2n) is 5.21. The average molecular weight is 213 g/mol. The Hall–Kier alpha value is -0.610. The lowest BCUT2D eigenvalue weighted by molar-refractivity contribution is -0.137. The number of carbonyl (C=O) groups is 1. The minimum absolute atomic E-state index is 0.0166. The Morgan fingerprint density at radius 3 is 2.13 bits per heavy atom. The molecule has 1 amide bonds. The van der Waals surface area contributed by atoms with Crippen LogP contribution in [0.2, 0.25) is 0 Å². The van der Waals surface area contributed by atoms with Crippen LogP contribution in [0.25, 0.3) is 0 Å². The quantitative estimate of drug-likeness (QED) is 0.699. The van der Waals surface area contributed by atoms with Crippen LogP contribution in [0, 0.1) is 0 Å². The molecular weight excluding hydrogens is 190 g/mol. The maximum absolute atomic E-state index is 11.9. The van der Waals surface area contributed by atoms with Crippen molar-refractivity contribution in [2.24, 2.45) is 11.5 Å². The molecule has 1 rings (SSSR count). The van der Waals surface area contributed by atoms with Gasteiger partial charge < -0.3 is 16.4 Å². The molecule has 0 spiro atoms. The molecule has 1 fully saturated rings. The van der Waals surface area contributed by atoms with E-state index in [1.165, 1.54) is 0 Å². The third kappa shape index (κ3) is 3.18. The van der Waals surface area contributed by atoms with Crippen LogP contribution >= 0.6 is 0 Å². The summed E-state index contributed by atoms with van der Waals surface area (Å²) in [6.07, 6.45) is 4.01. The predicted octanol–water partition coefficient (Wildman–Crippen LogP) is 0.452. The molecule has 0 bridgehead atoms. The number of amides is 1. The van der Waals surface area contributed by atoms with Gasteiger partial charge in [0.1, 0.15) is 0 Å². The fourth-order valence-electron chi connectivity index (χ4n) is 2.11. The summed E-state index contributed by atoms with van der Waals surface area (Å²) >= 11 is 0. The second kappa shape index (κ2) is 4.49. The zero-order valence-electron chi connectivity index (χ0n) is 9.99. The van der Waals surface area contributed by atoms with Gasteiger partial charge in [0.2, 0.25) is 5.91 Å². The number of hydrogen-bond acceptors (Lipinski definition) is 3. The topological polar surface area (TPSA) is 72.3 Å². The molecule has 4 N–H and O–H groups in total. The molecule has 0 radical (unpaired) electrons. The number of nitrogens with two attached hydrogens (primary N) is 2. The summed E-state index contributed by atoms with van der Waals surface area (Å²) in [6.45, 7) is 3.50. The van der Waals surface area contributed by atoms with Crippen LogP contribution in [-0.2, 0) is 4.79 Å². The van der Waals surface area contributed by atoms with E-state index in [1.54, 1.807) is 18.7 Å². The number of carbonyl (C=O) groups excluding carboxylic acids is 1. The first-order valence-corrected chi connectivity index (χ1v) is 5.64. The fraction of sp³-hybridized carbons (Fsp3) is 0.909. The third-order valence-corrected chi connectivity index (χ3v) is 3.16. The van der Waals surface area contributed by atoms with E-state index in [1.807, 2.05) is 7.05 Å². The molecule has 0 aromatic rings. The van der Waals surface area contributed by atoms with E-state index in [9.17, 15) is 4.79 Å². The van der Waals surface area contributed by atoms with Crippen LogP contribution in [0.5, 0.6) is 0 Å². The molecule has 1 aliphatic rings. The molecule has 0 aliphatic heterocycles. The second-order valence-corrected chi connectivity index (χ2v) is 5.21. The zero-order valence-corrected chi connectivity index (χ0v) is 9.99. The average Bonchev–Trinajstić information content (AvgIpc) is 2.15. The van der Waals surface area contributed by atoms with Gasteiger partial charge in [0, 0.05) is 19.1 Å². The van der Waals surface area contributed by atoms with Gasteiger partial charge in [-0.3, -0.25) is 4.79 Å². The van der Waals surface area contributed by atoms with Crippen molar-refractivity contribution in [3.63, 3.8) is 0 Å².